The summed E-state index contributed by atoms with van der Waals surface area (Å²) in [5.74, 6) is -1.99. The summed E-state index contributed by atoms with van der Waals surface area (Å²) in [4.78, 5) is 34.4. The fourth-order valence-corrected chi connectivity index (χ4v) is 4.24. The van der Waals surface area contributed by atoms with E-state index in [0.29, 0.717) is 17.1 Å². The average molecular weight is 413 g/mol. The minimum Gasteiger partial charge on any atom is -0.478 e. The molecule has 0 fully saturated rings. The van der Waals surface area contributed by atoms with Crippen LogP contribution in [0.15, 0.2) is 48.1 Å². The van der Waals surface area contributed by atoms with Crippen LogP contribution in [0, 0.1) is 5.95 Å². The molecule has 3 aromatic rings. The van der Waals surface area contributed by atoms with E-state index in [-0.39, 0.29) is 12.0 Å². The van der Waals surface area contributed by atoms with Crippen LogP contribution in [0.4, 0.5) is 15.9 Å². The number of rotatable bonds is 6. The third-order valence-corrected chi connectivity index (χ3v) is 5.57. The molecule has 0 radical (unpaired) electrons. The minimum absolute atomic E-state index is 0.0334. The zero-order valence-corrected chi connectivity index (χ0v) is 15.8. The van der Waals surface area contributed by atoms with Gasteiger partial charge in [-0.05, 0) is 29.1 Å². The molecule has 4 heterocycles. The molecule has 1 aliphatic heterocycles. The monoisotopic (exact) mass is 413 g/mol. The maximum Gasteiger partial charge on any atom is 0.338 e. The van der Waals surface area contributed by atoms with Crippen molar-refractivity contribution in [3.63, 3.8) is 0 Å². The second-order valence-electron chi connectivity index (χ2n) is 6.43. The summed E-state index contributed by atoms with van der Waals surface area (Å²) in [6.07, 6.45) is 2.13. The van der Waals surface area contributed by atoms with E-state index in [1.807, 2.05) is 17.5 Å². The molecule has 0 aromatic carbocycles. The number of fused-ring (bicyclic) bond motifs is 1. The number of nitrogens with one attached hydrogen (secondary N) is 1. The van der Waals surface area contributed by atoms with E-state index < -0.39 is 30.0 Å². The number of thiophene rings is 1. The van der Waals surface area contributed by atoms with Gasteiger partial charge in [0.05, 0.1) is 23.7 Å². The summed E-state index contributed by atoms with van der Waals surface area (Å²) >= 11 is 1.47. The van der Waals surface area contributed by atoms with Crippen molar-refractivity contribution in [2.24, 2.45) is 5.73 Å². The molecule has 29 heavy (non-hydrogen) atoms. The van der Waals surface area contributed by atoms with Crippen LogP contribution in [0.3, 0.4) is 0 Å². The first kappa shape index (κ1) is 18.8. The van der Waals surface area contributed by atoms with Crippen molar-refractivity contribution in [3.05, 3.63) is 70.1 Å². The van der Waals surface area contributed by atoms with Gasteiger partial charge in [0.15, 0.2) is 5.82 Å². The minimum atomic E-state index is -1.13. The van der Waals surface area contributed by atoms with Crippen LogP contribution in [-0.2, 0) is 4.79 Å². The molecule has 1 amide bonds. The van der Waals surface area contributed by atoms with Gasteiger partial charge >= 0.3 is 5.97 Å². The highest BCUT2D eigenvalue weighted by Crippen LogP contribution is 2.48. The lowest BCUT2D eigenvalue weighted by atomic mass is 10.0. The summed E-state index contributed by atoms with van der Waals surface area (Å²) in [6, 6.07) is 7.19. The summed E-state index contributed by atoms with van der Waals surface area (Å²) in [7, 11) is 0. The quantitative estimate of drug-likeness (QED) is 0.531. The Bertz CT molecular complexity index is 1060. The van der Waals surface area contributed by atoms with E-state index in [2.05, 4.69) is 15.3 Å². The third kappa shape index (κ3) is 3.49. The molecule has 0 spiro atoms. The number of carboxylic acid groups (broad SMARTS) is 1. The Kier molecular flexibility index (Phi) is 4.85. The van der Waals surface area contributed by atoms with Gasteiger partial charge in [-0.1, -0.05) is 12.1 Å². The van der Waals surface area contributed by atoms with Crippen LogP contribution in [0.2, 0.25) is 0 Å². The number of anilines is 2. The Hall–Kier alpha value is -3.53. The number of amides is 1. The zero-order valence-electron chi connectivity index (χ0n) is 14.9. The van der Waals surface area contributed by atoms with Gasteiger partial charge < -0.3 is 21.1 Å². The Labute approximate surface area is 168 Å². The molecule has 3 aromatic heterocycles. The van der Waals surface area contributed by atoms with E-state index in [1.165, 1.54) is 41.9 Å². The van der Waals surface area contributed by atoms with E-state index >= 15 is 0 Å². The molecular formula is C19H16FN5O3S. The molecule has 8 nitrogen and oxygen atoms in total. The number of aromatic nitrogens is 2. The fraction of sp³-hybridized carbons (Fsp3) is 0.158. The van der Waals surface area contributed by atoms with Crippen molar-refractivity contribution in [3.8, 4) is 0 Å². The van der Waals surface area contributed by atoms with Gasteiger partial charge in [0.25, 0.3) is 0 Å². The van der Waals surface area contributed by atoms with Crippen LogP contribution in [0.1, 0.15) is 39.4 Å². The number of halogens is 1. The Morgan fingerprint density at radius 1 is 1.31 bits per heavy atom. The predicted octanol–water partition coefficient (Wildman–Crippen LogP) is 2.92. The lowest BCUT2D eigenvalue weighted by Crippen LogP contribution is -2.35. The molecule has 1 aliphatic rings. The molecule has 2 unspecified atom stereocenters. The highest BCUT2D eigenvalue weighted by atomic mass is 32.1. The average Bonchev–Trinajstić information content (AvgIpc) is 3.34. The van der Waals surface area contributed by atoms with E-state index in [1.54, 1.807) is 4.90 Å². The number of nitrogens with two attached hydrogens (primary N) is 1. The number of primary amides is 1. The molecule has 0 bridgehead atoms. The molecule has 4 N–H and O–H groups in total. The molecule has 2 atom stereocenters. The van der Waals surface area contributed by atoms with Gasteiger partial charge in [-0.25, -0.2) is 14.8 Å². The first-order valence-electron chi connectivity index (χ1n) is 8.66. The lowest BCUT2D eigenvalue weighted by molar-refractivity contribution is -0.118. The van der Waals surface area contributed by atoms with E-state index in [4.69, 9.17) is 5.73 Å². The van der Waals surface area contributed by atoms with Crippen LogP contribution in [-0.4, -0.2) is 27.0 Å². The van der Waals surface area contributed by atoms with Crippen molar-refractivity contribution in [2.75, 3.05) is 10.2 Å². The SMILES string of the molecule is NC(=O)CC(c1ccc(F)nc1)N1c2c(C(=O)O)ccnc2NC1c1cccs1. The molecule has 0 aliphatic carbocycles. The number of hydrogen-bond donors (Lipinski definition) is 3. The standard InChI is InChI=1S/C19H16FN5O3S/c20-14-4-3-10(9-23-14)12(8-15(21)26)25-16-11(19(27)28)5-6-22-17(16)24-18(25)13-2-1-7-29-13/h1-7,9,12,18H,8H2,(H2,21,26)(H,22,24)(H,27,28). The second-order valence-corrected chi connectivity index (χ2v) is 7.41. The predicted molar refractivity (Wildman–Crippen MR) is 105 cm³/mol. The van der Waals surface area contributed by atoms with Crippen molar-refractivity contribution >= 4 is 34.7 Å². The van der Waals surface area contributed by atoms with Crippen LogP contribution >= 0.6 is 11.3 Å². The van der Waals surface area contributed by atoms with Gasteiger partial charge in [-0.15, -0.1) is 11.3 Å². The van der Waals surface area contributed by atoms with Gasteiger partial charge in [0.1, 0.15) is 6.17 Å². The number of aromatic carboxylic acids is 1. The number of hydrogen-bond acceptors (Lipinski definition) is 7. The molecular weight excluding hydrogens is 397 g/mol. The van der Waals surface area contributed by atoms with Crippen molar-refractivity contribution < 1.29 is 19.1 Å². The highest BCUT2D eigenvalue weighted by Gasteiger charge is 2.40. The van der Waals surface area contributed by atoms with Gasteiger partial charge in [0, 0.05) is 17.3 Å². The molecule has 4 rings (SSSR count). The zero-order chi connectivity index (χ0) is 20.5. The van der Waals surface area contributed by atoms with Crippen molar-refractivity contribution in [2.45, 2.75) is 18.6 Å². The van der Waals surface area contributed by atoms with Crippen LogP contribution in [0.5, 0.6) is 0 Å². The summed E-state index contributed by atoms with van der Waals surface area (Å²) in [5.41, 5.74) is 6.40. The van der Waals surface area contributed by atoms with Gasteiger partial charge in [0.2, 0.25) is 11.9 Å². The Balaban J connectivity index is 1.91. The third-order valence-electron chi connectivity index (χ3n) is 4.64. The largest absolute Gasteiger partial charge is 0.478 e. The van der Waals surface area contributed by atoms with Crippen molar-refractivity contribution in [1.82, 2.24) is 9.97 Å². The number of carbonyl (C=O) groups is 2. The summed E-state index contributed by atoms with van der Waals surface area (Å²) in [5, 5.41) is 14.8. The smallest absolute Gasteiger partial charge is 0.338 e. The van der Waals surface area contributed by atoms with Gasteiger partial charge in [-0.2, -0.15) is 4.39 Å². The topological polar surface area (TPSA) is 121 Å². The highest BCUT2D eigenvalue weighted by molar-refractivity contribution is 7.10. The number of carbonyl (C=O) groups excluding carboxylic acids is 1. The Morgan fingerprint density at radius 3 is 2.76 bits per heavy atom. The number of pyridine rings is 2. The van der Waals surface area contributed by atoms with Crippen LogP contribution in [0.25, 0.3) is 0 Å². The maximum atomic E-state index is 13.4. The first-order valence-corrected chi connectivity index (χ1v) is 9.54. The molecule has 148 valence electrons. The van der Waals surface area contributed by atoms with E-state index in [9.17, 15) is 19.1 Å². The normalized spacial score (nSPS) is 16.2. The molecule has 10 heteroatoms. The van der Waals surface area contributed by atoms with E-state index in [0.717, 1.165) is 4.88 Å². The fourth-order valence-electron chi connectivity index (χ4n) is 3.46. The van der Waals surface area contributed by atoms with Crippen molar-refractivity contribution in [1.29, 1.82) is 0 Å². The lowest BCUT2D eigenvalue weighted by Gasteiger charge is -2.34. The first-order chi connectivity index (χ1) is 14.0. The number of nitrogens with zero attached hydrogens (tertiary/aromatic N) is 3. The summed E-state index contributed by atoms with van der Waals surface area (Å²) < 4.78 is 13.4. The maximum absolute atomic E-state index is 13.4. The second kappa shape index (κ2) is 7.47. The molecule has 0 saturated heterocycles. The Morgan fingerprint density at radius 2 is 2.14 bits per heavy atom. The number of carboxylic acids is 1. The van der Waals surface area contributed by atoms with Gasteiger partial charge in [-0.3, -0.25) is 4.79 Å². The molecule has 0 saturated carbocycles. The van der Waals surface area contributed by atoms with Crippen LogP contribution < -0.4 is 16.0 Å². The summed E-state index contributed by atoms with van der Waals surface area (Å²) in [6.45, 7) is 0.